The minimum Gasteiger partial charge on any atom is -0.399 e. The lowest BCUT2D eigenvalue weighted by atomic mass is 9.77. The molecule has 6 heteroatoms. The van der Waals surface area contributed by atoms with E-state index in [1.54, 1.807) is 9.13 Å². The normalized spacial score (nSPS) is 19.6. The lowest BCUT2D eigenvalue weighted by Crippen LogP contribution is -2.41. The molecule has 0 unspecified atom stereocenters. The molecule has 1 aliphatic rings. The number of hydrogen-bond donors (Lipinski definition) is 0. The van der Waals surface area contributed by atoms with E-state index in [4.69, 9.17) is 9.31 Å². The molecule has 0 saturated carbocycles. The van der Waals surface area contributed by atoms with Gasteiger partial charge < -0.3 is 9.31 Å². The Morgan fingerprint density at radius 3 is 2.04 bits per heavy atom. The third kappa shape index (κ3) is 2.35. The summed E-state index contributed by atoms with van der Waals surface area (Å²) in [5.74, 6) is 0.294. The van der Waals surface area contributed by atoms with Gasteiger partial charge in [-0.15, -0.1) is 0 Å². The summed E-state index contributed by atoms with van der Waals surface area (Å²) in [7, 11) is 3.21. The molecule has 2 heterocycles. The second-order valence-electron chi connectivity index (χ2n) is 8.12. The highest BCUT2D eigenvalue weighted by atomic mass is 16.7. The van der Waals surface area contributed by atoms with Crippen molar-refractivity contribution in [3.8, 4) is 0 Å². The Morgan fingerprint density at radius 1 is 1.00 bits per heavy atom. The number of nitrogens with zero attached hydrogens (tertiary/aromatic N) is 2. The van der Waals surface area contributed by atoms with Gasteiger partial charge in [-0.1, -0.05) is 19.9 Å². The van der Waals surface area contributed by atoms with Gasteiger partial charge in [0.15, 0.2) is 0 Å². The topological polar surface area (TPSA) is 45.4 Å². The van der Waals surface area contributed by atoms with E-state index in [0.29, 0.717) is 5.92 Å². The lowest BCUT2D eigenvalue weighted by Gasteiger charge is -2.32. The van der Waals surface area contributed by atoms with Crippen LogP contribution in [0.5, 0.6) is 0 Å². The predicted molar refractivity (Wildman–Crippen MR) is 98.0 cm³/mol. The average Bonchev–Trinajstić information content (AvgIpc) is 2.83. The zero-order valence-electron chi connectivity index (χ0n) is 15.9. The van der Waals surface area contributed by atoms with Crippen LogP contribution >= 0.6 is 0 Å². The summed E-state index contributed by atoms with van der Waals surface area (Å²) in [6.45, 7) is 12.5. The summed E-state index contributed by atoms with van der Waals surface area (Å²) in [6, 6.07) is 4.14. The Bertz CT molecular complexity index is 845. The maximum absolute atomic E-state index is 12.4. The number of aromatic nitrogens is 2. The number of aryl methyl sites for hydroxylation is 2. The Kier molecular flexibility index (Phi) is 3.77. The summed E-state index contributed by atoms with van der Waals surface area (Å²) in [4.78, 5) is 12.4. The molecule has 0 N–H and O–H groups in total. The van der Waals surface area contributed by atoms with Crippen molar-refractivity contribution in [1.82, 2.24) is 9.13 Å². The van der Waals surface area contributed by atoms with Crippen molar-refractivity contribution in [2.75, 3.05) is 0 Å². The molecule has 24 heavy (non-hydrogen) atoms. The molecule has 1 aliphatic heterocycles. The zero-order chi connectivity index (χ0) is 18.0. The molecule has 5 nitrogen and oxygen atoms in total. The first-order valence-corrected chi connectivity index (χ1v) is 8.51. The molecular weight excluding hydrogens is 303 g/mol. The Balaban J connectivity index is 2.21. The molecule has 0 radical (unpaired) electrons. The van der Waals surface area contributed by atoms with Crippen LogP contribution in [0, 0.1) is 0 Å². The van der Waals surface area contributed by atoms with Gasteiger partial charge in [-0.05, 0) is 50.7 Å². The van der Waals surface area contributed by atoms with Crippen LogP contribution < -0.4 is 11.2 Å². The molecule has 0 atom stereocenters. The van der Waals surface area contributed by atoms with Crippen molar-refractivity contribution in [3.05, 3.63) is 28.2 Å². The number of hydrogen-bond acceptors (Lipinski definition) is 3. The van der Waals surface area contributed by atoms with Gasteiger partial charge in [0, 0.05) is 14.1 Å². The monoisotopic (exact) mass is 330 g/mol. The van der Waals surface area contributed by atoms with Crippen molar-refractivity contribution >= 4 is 23.6 Å². The van der Waals surface area contributed by atoms with Gasteiger partial charge in [0.25, 0.3) is 0 Å². The third-order valence-electron chi connectivity index (χ3n) is 5.56. The number of imidazole rings is 1. The maximum atomic E-state index is 12.4. The molecule has 0 bridgehead atoms. The quantitative estimate of drug-likeness (QED) is 0.794. The fourth-order valence-corrected chi connectivity index (χ4v) is 3.26. The van der Waals surface area contributed by atoms with Gasteiger partial charge in [0.2, 0.25) is 0 Å². The fraction of sp³-hybridized carbons (Fsp3) is 0.611. The Labute approximate surface area is 143 Å². The van der Waals surface area contributed by atoms with Crippen LogP contribution in [0.1, 0.15) is 53.0 Å². The van der Waals surface area contributed by atoms with Crippen LogP contribution in [0.4, 0.5) is 0 Å². The molecule has 1 saturated heterocycles. The highest BCUT2D eigenvalue weighted by Crippen LogP contribution is 2.37. The van der Waals surface area contributed by atoms with Crippen molar-refractivity contribution in [2.24, 2.45) is 14.1 Å². The molecule has 1 aromatic carbocycles. The minimum absolute atomic E-state index is 0.0158. The van der Waals surface area contributed by atoms with Gasteiger partial charge in [0.1, 0.15) is 0 Å². The zero-order valence-corrected chi connectivity index (χ0v) is 15.9. The van der Waals surface area contributed by atoms with Crippen LogP contribution in [0.2, 0.25) is 0 Å². The summed E-state index contributed by atoms with van der Waals surface area (Å²) in [6.07, 6.45) is 0. The van der Waals surface area contributed by atoms with Gasteiger partial charge in [0.05, 0.1) is 22.2 Å². The summed E-state index contributed by atoms with van der Waals surface area (Å²) in [5, 5.41) is 0. The van der Waals surface area contributed by atoms with E-state index in [1.165, 1.54) is 0 Å². The fourth-order valence-electron chi connectivity index (χ4n) is 3.26. The first-order valence-electron chi connectivity index (χ1n) is 8.51. The van der Waals surface area contributed by atoms with Crippen molar-refractivity contribution in [3.63, 3.8) is 0 Å². The molecule has 1 aromatic heterocycles. The smallest absolute Gasteiger partial charge is 0.399 e. The van der Waals surface area contributed by atoms with E-state index in [-0.39, 0.29) is 16.9 Å². The Morgan fingerprint density at radius 2 is 1.54 bits per heavy atom. The molecule has 0 aliphatic carbocycles. The van der Waals surface area contributed by atoms with Gasteiger partial charge in [-0.2, -0.15) is 0 Å². The van der Waals surface area contributed by atoms with Gasteiger partial charge >= 0.3 is 12.8 Å². The van der Waals surface area contributed by atoms with Crippen LogP contribution in [0.15, 0.2) is 16.9 Å². The van der Waals surface area contributed by atoms with Crippen LogP contribution in [-0.2, 0) is 23.4 Å². The first-order chi connectivity index (χ1) is 11.0. The van der Waals surface area contributed by atoms with E-state index in [2.05, 4.69) is 19.9 Å². The van der Waals surface area contributed by atoms with Gasteiger partial charge in [-0.3, -0.25) is 9.13 Å². The molecule has 0 amide bonds. The second-order valence-corrected chi connectivity index (χ2v) is 8.12. The molecular formula is C18H27BN2O3. The molecule has 130 valence electrons. The molecule has 0 spiro atoms. The standard InChI is InChI=1S/C18H27BN2O3/c1-11(2)13-9-12(19-23-17(3,4)18(5,6)24-19)10-14-15(13)21(8)16(22)20(14)7/h9-11H,1-8H3. The van der Waals surface area contributed by atoms with Crippen LogP contribution in [-0.4, -0.2) is 27.5 Å². The average molecular weight is 330 g/mol. The maximum Gasteiger partial charge on any atom is 0.494 e. The highest BCUT2D eigenvalue weighted by Gasteiger charge is 2.51. The van der Waals surface area contributed by atoms with E-state index >= 15 is 0 Å². The SMILES string of the molecule is CC(C)c1cc(B2OC(C)(C)C(C)(C)O2)cc2c1n(C)c(=O)n2C. The van der Waals surface area contributed by atoms with Crippen molar-refractivity contribution in [1.29, 1.82) is 0 Å². The van der Waals surface area contributed by atoms with E-state index in [9.17, 15) is 4.79 Å². The van der Waals surface area contributed by atoms with Crippen LogP contribution in [0.25, 0.3) is 11.0 Å². The predicted octanol–water partition coefficient (Wildman–Crippen LogP) is 2.30. The first kappa shape index (κ1) is 17.3. The van der Waals surface area contributed by atoms with Gasteiger partial charge in [-0.25, -0.2) is 4.79 Å². The molecule has 3 rings (SSSR count). The number of rotatable bonds is 2. The third-order valence-corrected chi connectivity index (χ3v) is 5.56. The minimum atomic E-state index is -0.424. The molecule has 1 fully saturated rings. The lowest BCUT2D eigenvalue weighted by molar-refractivity contribution is 0.00578. The summed E-state index contributed by atoms with van der Waals surface area (Å²) >= 11 is 0. The Hall–Kier alpha value is -1.53. The van der Waals surface area contributed by atoms with E-state index in [1.807, 2.05) is 47.9 Å². The number of benzene rings is 1. The summed E-state index contributed by atoms with van der Waals surface area (Å²) < 4.78 is 15.8. The summed E-state index contributed by atoms with van der Waals surface area (Å²) in [5.41, 5.74) is 3.22. The largest absolute Gasteiger partial charge is 0.494 e. The molecule has 2 aromatic rings. The number of fused-ring (bicyclic) bond motifs is 1. The highest BCUT2D eigenvalue weighted by molar-refractivity contribution is 6.62. The van der Waals surface area contributed by atoms with E-state index < -0.39 is 7.12 Å². The van der Waals surface area contributed by atoms with Crippen LogP contribution in [0.3, 0.4) is 0 Å². The van der Waals surface area contributed by atoms with E-state index in [0.717, 1.165) is 22.1 Å². The van der Waals surface area contributed by atoms with Crippen molar-refractivity contribution < 1.29 is 9.31 Å². The van der Waals surface area contributed by atoms with Crippen molar-refractivity contribution in [2.45, 2.75) is 58.7 Å². The second kappa shape index (κ2) is 5.23.